The largest absolute Gasteiger partial charge is 0.379 e. The molecule has 3 nitrogen and oxygen atoms in total. The van der Waals surface area contributed by atoms with Crippen LogP contribution in [-0.4, -0.2) is 50.3 Å². The first-order valence-corrected chi connectivity index (χ1v) is 6.73. The number of ether oxygens (including phenoxy) is 1. The predicted molar refractivity (Wildman–Crippen MR) is 68.8 cm³/mol. The van der Waals surface area contributed by atoms with Gasteiger partial charge in [0.25, 0.3) is 0 Å². The van der Waals surface area contributed by atoms with E-state index in [1.54, 1.807) is 0 Å². The van der Waals surface area contributed by atoms with E-state index in [4.69, 9.17) is 4.74 Å². The fourth-order valence-corrected chi connectivity index (χ4v) is 2.14. The molecule has 0 aromatic heterocycles. The molecule has 3 heteroatoms. The van der Waals surface area contributed by atoms with Gasteiger partial charge < -0.3 is 15.0 Å². The zero-order chi connectivity index (χ0) is 11.8. The Morgan fingerprint density at radius 2 is 2.19 bits per heavy atom. The Labute approximate surface area is 101 Å². The van der Waals surface area contributed by atoms with Crippen LogP contribution < -0.4 is 5.32 Å². The molecule has 1 unspecified atom stereocenters. The summed E-state index contributed by atoms with van der Waals surface area (Å²) in [7, 11) is 0. The summed E-state index contributed by atoms with van der Waals surface area (Å²) in [5.41, 5.74) is 0. The maximum atomic E-state index is 5.55. The molecule has 96 valence electrons. The van der Waals surface area contributed by atoms with Gasteiger partial charge in [-0.2, -0.15) is 0 Å². The topological polar surface area (TPSA) is 24.5 Å². The number of unbranched alkanes of at least 4 members (excludes halogenated alkanes) is 1. The predicted octanol–water partition coefficient (Wildman–Crippen LogP) is 1.73. The van der Waals surface area contributed by atoms with Crippen LogP contribution in [0.3, 0.4) is 0 Å². The van der Waals surface area contributed by atoms with E-state index in [2.05, 4.69) is 31.0 Å². The second-order valence-corrected chi connectivity index (χ2v) is 5.24. The molecule has 1 N–H and O–H groups in total. The third-order valence-corrected chi connectivity index (χ3v) is 2.99. The number of hydrogen-bond acceptors (Lipinski definition) is 3. The molecule has 0 aromatic carbocycles. The summed E-state index contributed by atoms with van der Waals surface area (Å²) in [5, 5.41) is 3.48. The minimum absolute atomic E-state index is 0.377. The number of rotatable bonds is 6. The molecule has 0 amide bonds. The Morgan fingerprint density at radius 1 is 1.38 bits per heavy atom. The average Bonchev–Trinajstić information content (AvgIpc) is 2.42. The minimum Gasteiger partial charge on any atom is -0.379 e. The monoisotopic (exact) mass is 228 g/mol. The molecule has 0 spiro atoms. The van der Waals surface area contributed by atoms with Crippen molar-refractivity contribution in [2.75, 3.05) is 39.3 Å². The van der Waals surface area contributed by atoms with E-state index in [9.17, 15) is 0 Å². The van der Waals surface area contributed by atoms with Crippen LogP contribution >= 0.6 is 0 Å². The zero-order valence-electron chi connectivity index (χ0n) is 11.2. The van der Waals surface area contributed by atoms with Crippen molar-refractivity contribution in [3.05, 3.63) is 0 Å². The quantitative estimate of drug-likeness (QED) is 0.701. The first-order valence-electron chi connectivity index (χ1n) is 6.73. The summed E-state index contributed by atoms with van der Waals surface area (Å²) in [6, 6.07) is 0. The molecular formula is C13H28N2O. The van der Waals surface area contributed by atoms with Crippen LogP contribution in [0.5, 0.6) is 0 Å². The van der Waals surface area contributed by atoms with Gasteiger partial charge in [-0.15, -0.1) is 0 Å². The maximum Gasteiger partial charge on any atom is 0.0518 e. The second-order valence-electron chi connectivity index (χ2n) is 5.24. The molecule has 0 aromatic rings. The third-order valence-electron chi connectivity index (χ3n) is 2.99. The Hall–Kier alpha value is -0.120. The van der Waals surface area contributed by atoms with Gasteiger partial charge in [-0.3, -0.25) is 0 Å². The van der Waals surface area contributed by atoms with Crippen LogP contribution in [0.2, 0.25) is 0 Å². The summed E-state index contributed by atoms with van der Waals surface area (Å²) in [5.74, 6) is 0.786. The van der Waals surface area contributed by atoms with Crippen molar-refractivity contribution in [1.29, 1.82) is 0 Å². The summed E-state index contributed by atoms with van der Waals surface area (Å²) >= 11 is 0. The van der Waals surface area contributed by atoms with Gasteiger partial charge >= 0.3 is 0 Å². The van der Waals surface area contributed by atoms with Crippen molar-refractivity contribution in [3.63, 3.8) is 0 Å². The Bertz CT molecular complexity index is 173. The molecule has 0 aliphatic carbocycles. The molecule has 0 saturated carbocycles. The maximum absolute atomic E-state index is 5.55. The second kappa shape index (κ2) is 8.04. The molecule has 1 aliphatic rings. The van der Waals surface area contributed by atoms with Crippen LogP contribution in [0.25, 0.3) is 0 Å². The average molecular weight is 228 g/mol. The van der Waals surface area contributed by atoms with E-state index in [1.165, 1.54) is 39.0 Å². The number of hydrogen-bond donors (Lipinski definition) is 1. The van der Waals surface area contributed by atoms with E-state index in [1.807, 2.05) is 0 Å². The first kappa shape index (κ1) is 13.9. The molecule has 16 heavy (non-hydrogen) atoms. The lowest BCUT2D eigenvalue weighted by Crippen LogP contribution is -2.30. The molecule has 1 aliphatic heterocycles. The van der Waals surface area contributed by atoms with Gasteiger partial charge in [0.05, 0.1) is 6.10 Å². The first-order chi connectivity index (χ1) is 7.68. The van der Waals surface area contributed by atoms with Crippen molar-refractivity contribution >= 4 is 0 Å². The summed E-state index contributed by atoms with van der Waals surface area (Å²) in [6.45, 7) is 13.4. The van der Waals surface area contributed by atoms with Crippen LogP contribution in [0.1, 0.15) is 33.6 Å². The summed E-state index contributed by atoms with van der Waals surface area (Å²) in [4.78, 5) is 2.58. The van der Waals surface area contributed by atoms with Crippen molar-refractivity contribution in [2.45, 2.75) is 39.7 Å². The lowest BCUT2D eigenvalue weighted by Gasteiger charge is -2.21. The zero-order valence-corrected chi connectivity index (χ0v) is 11.2. The highest BCUT2D eigenvalue weighted by atomic mass is 16.5. The van der Waals surface area contributed by atoms with Gasteiger partial charge in [-0.1, -0.05) is 6.92 Å². The fraction of sp³-hybridized carbons (Fsp3) is 1.00. The minimum atomic E-state index is 0.377. The summed E-state index contributed by atoms with van der Waals surface area (Å²) in [6.07, 6.45) is 2.83. The molecule has 0 radical (unpaired) electrons. The van der Waals surface area contributed by atoms with Gasteiger partial charge in [-0.05, 0) is 45.7 Å². The SMILES string of the molecule is CC1CNCCN(CCCCOC(C)C)C1. The lowest BCUT2D eigenvalue weighted by atomic mass is 10.1. The Morgan fingerprint density at radius 3 is 2.94 bits per heavy atom. The molecule has 0 bridgehead atoms. The summed E-state index contributed by atoms with van der Waals surface area (Å²) < 4.78 is 5.55. The molecule has 1 heterocycles. The lowest BCUT2D eigenvalue weighted by molar-refractivity contribution is 0.0741. The molecule has 1 saturated heterocycles. The van der Waals surface area contributed by atoms with Crippen LogP contribution in [0.4, 0.5) is 0 Å². The van der Waals surface area contributed by atoms with Crippen molar-refractivity contribution in [3.8, 4) is 0 Å². The highest BCUT2D eigenvalue weighted by Gasteiger charge is 2.13. The Balaban J connectivity index is 2.02. The van der Waals surface area contributed by atoms with Crippen LogP contribution in [0, 0.1) is 5.92 Å². The van der Waals surface area contributed by atoms with Gasteiger partial charge in [0.15, 0.2) is 0 Å². The number of nitrogens with zero attached hydrogens (tertiary/aromatic N) is 1. The van der Waals surface area contributed by atoms with Crippen molar-refractivity contribution < 1.29 is 4.74 Å². The van der Waals surface area contributed by atoms with E-state index < -0.39 is 0 Å². The van der Waals surface area contributed by atoms with Crippen molar-refractivity contribution in [2.24, 2.45) is 5.92 Å². The van der Waals surface area contributed by atoms with Gasteiger partial charge in [0, 0.05) is 26.2 Å². The van der Waals surface area contributed by atoms with Gasteiger partial charge in [0.1, 0.15) is 0 Å². The van der Waals surface area contributed by atoms with E-state index in [0.717, 1.165) is 19.1 Å². The molecule has 1 atom stereocenters. The third kappa shape index (κ3) is 6.46. The van der Waals surface area contributed by atoms with Crippen molar-refractivity contribution in [1.82, 2.24) is 10.2 Å². The molecular weight excluding hydrogens is 200 g/mol. The van der Waals surface area contributed by atoms with Gasteiger partial charge in [-0.25, -0.2) is 0 Å². The Kier molecular flexibility index (Phi) is 7.01. The van der Waals surface area contributed by atoms with Gasteiger partial charge in [0.2, 0.25) is 0 Å². The standard InChI is InChI=1S/C13H28N2O/c1-12(2)16-9-5-4-7-15-8-6-14-10-13(3)11-15/h12-14H,4-11H2,1-3H3. The van der Waals surface area contributed by atoms with E-state index >= 15 is 0 Å². The fourth-order valence-electron chi connectivity index (χ4n) is 2.14. The van der Waals surface area contributed by atoms with Crippen LogP contribution in [-0.2, 0) is 4.74 Å². The smallest absolute Gasteiger partial charge is 0.0518 e. The van der Waals surface area contributed by atoms with Crippen LogP contribution in [0.15, 0.2) is 0 Å². The normalized spacial score (nSPS) is 23.6. The molecule has 1 rings (SSSR count). The molecule has 1 fully saturated rings. The van der Waals surface area contributed by atoms with E-state index in [0.29, 0.717) is 6.10 Å². The number of nitrogens with one attached hydrogen (secondary N) is 1. The highest BCUT2D eigenvalue weighted by molar-refractivity contribution is 4.70. The highest BCUT2D eigenvalue weighted by Crippen LogP contribution is 2.04. The van der Waals surface area contributed by atoms with E-state index in [-0.39, 0.29) is 0 Å².